The topological polar surface area (TPSA) is 55.1 Å². The molecule has 0 fully saturated rings. The van der Waals surface area contributed by atoms with Crippen molar-refractivity contribution in [3.05, 3.63) is 53.9 Å². The average Bonchev–Trinajstić information content (AvgIpc) is 2.48. The summed E-state index contributed by atoms with van der Waals surface area (Å²) < 4.78 is 10.9. The van der Waals surface area contributed by atoms with Crippen LogP contribution in [0.25, 0.3) is 0 Å². The second-order valence-electron chi connectivity index (χ2n) is 3.90. The zero-order chi connectivity index (χ0) is 13.5. The summed E-state index contributed by atoms with van der Waals surface area (Å²) in [6.07, 6.45) is 2.49. The van der Waals surface area contributed by atoms with Crippen LogP contribution in [0, 0.1) is 11.3 Å². The van der Waals surface area contributed by atoms with Crippen molar-refractivity contribution in [3.63, 3.8) is 0 Å². The van der Waals surface area contributed by atoms with Crippen molar-refractivity contribution in [2.45, 2.75) is 6.42 Å². The number of methoxy groups -OCH3 is 1. The maximum Gasteiger partial charge on any atom is 0.162 e. The Morgan fingerprint density at radius 2 is 2.11 bits per heavy atom. The summed E-state index contributed by atoms with van der Waals surface area (Å²) in [5.74, 6) is 1.21. The zero-order valence-electron chi connectivity index (χ0n) is 10.7. The fraction of sp³-hybridized carbons (Fsp3) is 0.200. The lowest BCUT2D eigenvalue weighted by Gasteiger charge is -2.10. The SMILES string of the molecule is COc1cc(C#N)ccc1OCCc1ccccn1. The fourth-order valence-corrected chi connectivity index (χ4v) is 1.67. The molecule has 2 rings (SSSR count). The minimum Gasteiger partial charge on any atom is -0.493 e. The smallest absolute Gasteiger partial charge is 0.162 e. The molecule has 1 heterocycles. The van der Waals surface area contributed by atoms with E-state index in [0.29, 0.717) is 23.7 Å². The second-order valence-corrected chi connectivity index (χ2v) is 3.90. The van der Waals surface area contributed by atoms with Crippen LogP contribution in [0.4, 0.5) is 0 Å². The van der Waals surface area contributed by atoms with Crippen LogP contribution >= 0.6 is 0 Å². The van der Waals surface area contributed by atoms with E-state index in [2.05, 4.69) is 11.1 Å². The highest BCUT2D eigenvalue weighted by Crippen LogP contribution is 2.27. The van der Waals surface area contributed by atoms with Crippen LogP contribution in [0.15, 0.2) is 42.6 Å². The van der Waals surface area contributed by atoms with Gasteiger partial charge in [-0.15, -0.1) is 0 Å². The molecule has 0 aliphatic heterocycles. The summed E-state index contributed by atoms with van der Waals surface area (Å²) in [6, 6.07) is 13.0. The third kappa shape index (κ3) is 3.46. The number of nitrogens with zero attached hydrogens (tertiary/aromatic N) is 2. The maximum atomic E-state index is 8.82. The van der Waals surface area contributed by atoms with Crippen molar-refractivity contribution < 1.29 is 9.47 Å². The van der Waals surface area contributed by atoms with E-state index in [1.165, 1.54) is 0 Å². The molecular weight excluding hydrogens is 240 g/mol. The highest BCUT2D eigenvalue weighted by Gasteiger charge is 2.05. The Labute approximate surface area is 112 Å². The molecule has 0 amide bonds. The van der Waals surface area contributed by atoms with E-state index in [0.717, 1.165) is 12.1 Å². The molecule has 0 unspecified atom stereocenters. The predicted molar refractivity (Wildman–Crippen MR) is 71.1 cm³/mol. The predicted octanol–water partition coefficient (Wildman–Crippen LogP) is 2.58. The van der Waals surface area contributed by atoms with Crippen molar-refractivity contribution in [1.82, 2.24) is 4.98 Å². The standard InChI is InChI=1S/C15H14N2O2/c1-18-15-10-12(11-16)5-6-14(15)19-9-7-13-4-2-3-8-17-13/h2-6,8,10H,7,9H2,1H3. The molecule has 0 aliphatic rings. The summed E-state index contributed by atoms with van der Waals surface area (Å²) in [7, 11) is 1.56. The van der Waals surface area contributed by atoms with Gasteiger partial charge in [0.15, 0.2) is 11.5 Å². The van der Waals surface area contributed by atoms with Crippen molar-refractivity contribution in [2.24, 2.45) is 0 Å². The highest BCUT2D eigenvalue weighted by molar-refractivity contribution is 5.46. The first-order chi connectivity index (χ1) is 9.33. The lowest BCUT2D eigenvalue weighted by atomic mass is 10.2. The van der Waals surface area contributed by atoms with E-state index in [1.54, 1.807) is 31.5 Å². The summed E-state index contributed by atoms with van der Waals surface area (Å²) >= 11 is 0. The number of rotatable bonds is 5. The van der Waals surface area contributed by atoms with Crippen LogP contribution in [0.2, 0.25) is 0 Å². The van der Waals surface area contributed by atoms with Gasteiger partial charge >= 0.3 is 0 Å². The summed E-state index contributed by atoms with van der Waals surface area (Å²) in [6.45, 7) is 0.513. The minimum absolute atomic E-state index is 0.513. The number of aromatic nitrogens is 1. The molecule has 4 nitrogen and oxygen atoms in total. The van der Waals surface area contributed by atoms with Gasteiger partial charge in [-0.05, 0) is 24.3 Å². The highest BCUT2D eigenvalue weighted by atomic mass is 16.5. The van der Waals surface area contributed by atoms with Crippen molar-refractivity contribution >= 4 is 0 Å². The molecule has 0 bridgehead atoms. The molecule has 0 spiro atoms. The van der Waals surface area contributed by atoms with Gasteiger partial charge < -0.3 is 9.47 Å². The monoisotopic (exact) mass is 254 g/mol. The average molecular weight is 254 g/mol. The van der Waals surface area contributed by atoms with Gasteiger partial charge in [0.25, 0.3) is 0 Å². The Balaban J connectivity index is 1.98. The number of hydrogen-bond acceptors (Lipinski definition) is 4. The minimum atomic E-state index is 0.513. The molecule has 1 aromatic carbocycles. The van der Waals surface area contributed by atoms with E-state index in [-0.39, 0.29) is 0 Å². The Morgan fingerprint density at radius 1 is 1.21 bits per heavy atom. The van der Waals surface area contributed by atoms with Crippen LogP contribution in [-0.2, 0) is 6.42 Å². The van der Waals surface area contributed by atoms with Gasteiger partial charge in [-0.3, -0.25) is 4.98 Å². The first-order valence-corrected chi connectivity index (χ1v) is 5.94. The van der Waals surface area contributed by atoms with Crippen LogP contribution in [0.5, 0.6) is 11.5 Å². The number of nitriles is 1. The normalized spacial score (nSPS) is 9.68. The number of ether oxygens (including phenoxy) is 2. The number of pyridine rings is 1. The van der Waals surface area contributed by atoms with Gasteiger partial charge in [0.05, 0.1) is 25.3 Å². The third-order valence-electron chi connectivity index (χ3n) is 2.63. The molecule has 2 aromatic rings. The van der Waals surface area contributed by atoms with E-state index in [4.69, 9.17) is 14.7 Å². The molecule has 0 radical (unpaired) electrons. The van der Waals surface area contributed by atoms with Gasteiger partial charge in [-0.25, -0.2) is 0 Å². The molecule has 0 saturated heterocycles. The van der Waals surface area contributed by atoms with Gasteiger partial charge in [0.2, 0.25) is 0 Å². The van der Waals surface area contributed by atoms with E-state index >= 15 is 0 Å². The van der Waals surface area contributed by atoms with E-state index < -0.39 is 0 Å². The molecular formula is C15H14N2O2. The van der Waals surface area contributed by atoms with Gasteiger partial charge in [0.1, 0.15) is 0 Å². The summed E-state index contributed by atoms with van der Waals surface area (Å²) in [5.41, 5.74) is 1.53. The Morgan fingerprint density at radius 3 is 2.79 bits per heavy atom. The van der Waals surface area contributed by atoms with E-state index in [1.807, 2.05) is 18.2 Å². The van der Waals surface area contributed by atoms with Crippen LogP contribution in [-0.4, -0.2) is 18.7 Å². The van der Waals surface area contributed by atoms with Crippen LogP contribution in [0.3, 0.4) is 0 Å². The van der Waals surface area contributed by atoms with Crippen LogP contribution < -0.4 is 9.47 Å². The molecule has 19 heavy (non-hydrogen) atoms. The molecule has 0 atom stereocenters. The van der Waals surface area contributed by atoms with Gasteiger partial charge in [-0.1, -0.05) is 6.07 Å². The van der Waals surface area contributed by atoms with Gasteiger partial charge in [-0.2, -0.15) is 5.26 Å². The zero-order valence-corrected chi connectivity index (χ0v) is 10.7. The molecule has 0 aliphatic carbocycles. The third-order valence-corrected chi connectivity index (χ3v) is 2.63. The summed E-state index contributed by atoms with van der Waals surface area (Å²) in [5, 5.41) is 8.82. The fourth-order valence-electron chi connectivity index (χ4n) is 1.67. The van der Waals surface area contributed by atoms with Crippen molar-refractivity contribution in [1.29, 1.82) is 5.26 Å². The molecule has 96 valence electrons. The molecule has 0 N–H and O–H groups in total. The maximum absolute atomic E-state index is 8.82. The largest absolute Gasteiger partial charge is 0.493 e. The van der Waals surface area contributed by atoms with Crippen molar-refractivity contribution in [2.75, 3.05) is 13.7 Å². The lowest BCUT2D eigenvalue weighted by molar-refractivity contribution is 0.296. The van der Waals surface area contributed by atoms with Crippen LogP contribution in [0.1, 0.15) is 11.3 Å². The Kier molecular flexibility index (Phi) is 4.35. The first-order valence-electron chi connectivity index (χ1n) is 5.94. The number of hydrogen-bond donors (Lipinski definition) is 0. The second kappa shape index (κ2) is 6.41. The molecule has 0 saturated carbocycles. The molecule has 1 aromatic heterocycles. The Hall–Kier alpha value is -2.54. The molecule has 4 heteroatoms. The first kappa shape index (κ1) is 12.9. The lowest BCUT2D eigenvalue weighted by Crippen LogP contribution is -2.03. The van der Waals surface area contributed by atoms with Gasteiger partial charge in [0, 0.05) is 24.4 Å². The Bertz CT molecular complexity index is 576. The summed E-state index contributed by atoms with van der Waals surface area (Å²) in [4.78, 5) is 4.23. The number of benzene rings is 1. The van der Waals surface area contributed by atoms with E-state index in [9.17, 15) is 0 Å². The quantitative estimate of drug-likeness (QED) is 0.823. The van der Waals surface area contributed by atoms with Crippen molar-refractivity contribution in [3.8, 4) is 17.6 Å².